The quantitative estimate of drug-likeness (QED) is 0.683. The van der Waals surface area contributed by atoms with E-state index in [1.165, 1.54) is 5.56 Å². The van der Waals surface area contributed by atoms with Gasteiger partial charge >= 0.3 is 0 Å². The fourth-order valence-electron chi connectivity index (χ4n) is 1.54. The number of nitrogens with zero attached hydrogens (tertiary/aromatic N) is 3. The van der Waals surface area contributed by atoms with Crippen molar-refractivity contribution in [2.45, 2.75) is 6.92 Å². The van der Waals surface area contributed by atoms with Crippen molar-refractivity contribution in [1.82, 2.24) is 0 Å². The number of hydrazone groups is 1. The zero-order chi connectivity index (χ0) is 15.1. The van der Waals surface area contributed by atoms with Gasteiger partial charge in [-0.1, -0.05) is 17.7 Å². The molecular weight excluding hydrogens is 264 g/mol. The number of rotatable bonds is 4. The van der Waals surface area contributed by atoms with Gasteiger partial charge in [-0.3, -0.25) is 5.43 Å². The standard InChI is InChI=1S/C16H12N4O/c1-12-2-6-15(7-3-12)21-16-8-4-13(5-9-16)19-20-14(10-17)11-18/h2-9,19H,1H3. The van der Waals surface area contributed by atoms with Crippen LogP contribution >= 0.6 is 0 Å². The lowest BCUT2D eigenvalue weighted by Gasteiger charge is -2.06. The molecule has 0 aromatic heterocycles. The van der Waals surface area contributed by atoms with Crippen LogP contribution in [0, 0.1) is 29.6 Å². The van der Waals surface area contributed by atoms with E-state index in [0.29, 0.717) is 11.4 Å². The molecule has 0 fully saturated rings. The first-order valence-electron chi connectivity index (χ1n) is 6.20. The number of nitrogens with one attached hydrogen (secondary N) is 1. The number of nitriles is 2. The molecule has 102 valence electrons. The van der Waals surface area contributed by atoms with Crippen LogP contribution in [-0.2, 0) is 0 Å². The molecule has 0 spiro atoms. The van der Waals surface area contributed by atoms with Crippen LogP contribution in [0.2, 0.25) is 0 Å². The second-order valence-corrected chi connectivity index (χ2v) is 4.24. The molecule has 2 aromatic carbocycles. The second-order valence-electron chi connectivity index (χ2n) is 4.24. The molecule has 2 aromatic rings. The first-order valence-corrected chi connectivity index (χ1v) is 6.20. The van der Waals surface area contributed by atoms with Gasteiger partial charge < -0.3 is 4.74 Å². The second kappa shape index (κ2) is 6.74. The number of aryl methyl sites for hydroxylation is 1. The summed E-state index contributed by atoms with van der Waals surface area (Å²) in [5, 5.41) is 20.8. The third-order valence-electron chi connectivity index (χ3n) is 2.62. The third-order valence-corrected chi connectivity index (χ3v) is 2.62. The molecule has 0 heterocycles. The lowest BCUT2D eigenvalue weighted by Crippen LogP contribution is -1.96. The molecule has 5 heteroatoms. The molecule has 0 amide bonds. The largest absolute Gasteiger partial charge is 0.457 e. The van der Waals surface area contributed by atoms with E-state index < -0.39 is 0 Å². The lowest BCUT2D eigenvalue weighted by molar-refractivity contribution is 0.482. The first kappa shape index (κ1) is 14.1. The van der Waals surface area contributed by atoms with Crippen LogP contribution in [-0.4, -0.2) is 5.71 Å². The third kappa shape index (κ3) is 4.09. The van der Waals surface area contributed by atoms with Crippen LogP contribution in [0.3, 0.4) is 0 Å². The summed E-state index contributed by atoms with van der Waals surface area (Å²) in [7, 11) is 0. The van der Waals surface area contributed by atoms with Gasteiger partial charge in [-0.15, -0.1) is 0 Å². The predicted molar refractivity (Wildman–Crippen MR) is 80.0 cm³/mol. The fraction of sp³-hybridized carbons (Fsp3) is 0.0625. The number of ether oxygens (including phenoxy) is 1. The molecule has 0 atom stereocenters. The van der Waals surface area contributed by atoms with Crippen LogP contribution in [0.1, 0.15) is 5.56 Å². The van der Waals surface area contributed by atoms with E-state index in [2.05, 4.69) is 10.5 Å². The normalized spacial score (nSPS) is 9.10. The van der Waals surface area contributed by atoms with Gasteiger partial charge in [0, 0.05) is 0 Å². The summed E-state index contributed by atoms with van der Waals surface area (Å²) in [6, 6.07) is 18.1. The van der Waals surface area contributed by atoms with Crippen LogP contribution in [0.15, 0.2) is 53.6 Å². The van der Waals surface area contributed by atoms with Crippen molar-refractivity contribution in [3.63, 3.8) is 0 Å². The zero-order valence-corrected chi connectivity index (χ0v) is 11.4. The molecule has 5 nitrogen and oxygen atoms in total. The summed E-state index contributed by atoms with van der Waals surface area (Å²) in [6.07, 6.45) is 0. The van der Waals surface area contributed by atoms with E-state index in [0.717, 1.165) is 5.75 Å². The molecule has 0 radical (unpaired) electrons. The summed E-state index contributed by atoms with van der Waals surface area (Å²) in [4.78, 5) is 0. The predicted octanol–water partition coefficient (Wildman–Crippen LogP) is 3.60. The van der Waals surface area contributed by atoms with Crippen molar-refractivity contribution in [3.05, 3.63) is 54.1 Å². The van der Waals surface area contributed by atoms with Crippen LogP contribution in [0.4, 0.5) is 5.69 Å². The maximum absolute atomic E-state index is 8.57. The highest BCUT2D eigenvalue weighted by molar-refractivity contribution is 6.10. The van der Waals surface area contributed by atoms with Gasteiger partial charge in [0.1, 0.15) is 23.6 Å². The minimum atomic E-state index is -0.227. The minimum Gasteiger partial charge on any atom is -0.457 e. The lowest BCUT2D eigenvalue weighted by atomic mass is 10.2. The molecule has 21 heavy (non-hydrogen) atoms. The average molecular weight is 276 g/mol. The highest BCUT2D eigenvalue weighted by Gasteiger charge is 1.98. The van der Waals surface area contributed by atoms with Gasteiger partial charge in [-0.05, 0) is 43.3 Å². The Bertz CT molecular complexity index is 703. The Kier molecular flexibility index (Phi) is 4.53. The first-order chi connectivity index (χ1) is 10.2. The molecule has 0 saturated carbocycles. The molecule has 0 aliphatic carbocycles. The zero-order valence-electron chi connectivity index (χ0n) is 11.4. The monoisotopic (exact) mass is 276 g/mol. The summed E-state index contributed by atoms with van der Waals surface area (Å²) >= 11 is 0. The Labute approximate surface area is 122 Å². The van der Waals surface area contributed by atoms with E-state index in [4.69, 9.17) is 15.3 Å². The summed E-state index contributed by atoms with van der Waals surface area (Å²) in [6.45, 7) is 2.02. The van der Waals surface area contributed by atoms with Gasteiger partial charge in [-0.25, -0.2) is 0 Å². The Morgan fingerprint density at radius 3 is 2.00 bits per heavy atom. The highest BCUT2D eigenvalue weighted by atomic mass is 16.5. The summed E-state index contributed by atoms with van der Waals surface area (Å²) in [5.41, 5.74) is 4.24. The Morgan fingerprint density at radius 2 is 1.48 bits per heavy atom. The van der Waals surface area contributed by atoms with E-state index in [1.54, 1.807) is 36.4 Å². The maximum atomic E-state index is 8.57. The van der Waals surface area contributed by atoms with Gasteiger partial charge in [0.15, 0.2) is 0 Å². The van der Waals surface area contributed by atoms with Crippen molar-refractivity contribution in [3.8, 4) is 23.6 Å². The smallest absolute Gasteiger partial charge is 0.237 e. The Balaban J connectivity index is 2.03. The van der Waals surface area contributed by atoms with Gasteiger partial charge in [0.2, 0.25) is 5.71 Å². The Hall–Kier alpha value is -3.31. The van der Waals surface area contributed by atoms with Crippen molar-refractivity contribution < 1.29 is 4.74 Å². The molecule has 1 N–H and O–H groups in total. The molecule has 2 rings (SSSR count). The maximum Gasteiger partial charge on any atom is 0.237 e. The van der Waals surface area contributed by atoms with Crippen molar-refractivity contribution in [1.29, 1.82) is 10.5 Å². The number of anilines is 1. The molecule has 0 saturated heterocycles. The molecule has 0 aliphatic heterocycles. The summed E-state index contributed by atoms with van der Waals surface area (Å²) < 4.78 is 5.69. The number of hydrogen-bond acceptors (Lipinski definition) is 5. The fourth-order valence-corrected chi connectivity index (χ4v) is 1.54. The molecule has 0 bridgehead atoms. The summed E-state index contributed by atoms with van der Waals surface area (Å²) in [5.74, 6) is 1.45. The highest BCUT2D eigenvalue weighted by Crippen LogP contribution is 2.23. The average Bonchev–Trinajstić information content (AvgIpc) is 2.52. The van der Waals surface area contributed by atoms with Gasteiger partial charge in [-0.2, -0.15) is 15.6 Å². The minimum absolute atomic E-state index is 0.227. The van der Waals surface area contributed by atoms with E-state index in [-0.39, 0.29) is 5.71 Å². The SMILES string of the molecule is Cc1ccc(Oc2ccc(NN=C(C#N)C#N)cc2)cc1. The van der Waals surface area contributed by atoms with Gasteiger partial charge in [0.05, 0.1) is 5.69 Å². The molecule has 0 unspecified atom stereocenters. The van der Waals surface area contributed by atoms with Crippen molar-refractivity contribution in [2.24, 2.45) is 5.10 Å². The van der Waals surface area contributed by atoms with E-state index >= 15 is 0 Å². The van der Waals surface area contributed by atoms with Crippen LogP contribution in [0.5, 0.6) is 11.5 Å². The molecular formula is C16H12N4O. The van der Waals surface area contributed by atoms with E-state index in [9.17, 15) is 0 Å². The van der Waals surface area contributed by atoms with Crippen molar-refractivity contribution in [2.75, 3.05) is 5.43 Å². The molecule has 0 aliphatic rings. The number of hydrogen-bond donors (Lipinski definition) is 1. The van der Waals surface area contributed by atoms with Gasteiger partial charge in [0.25, 0.3) is 0 Å². The van der Waals surface area contributed by atoms with Crippen LogP contribution in [0.25, 0.3) is 0 Å². The van der Waals surface area contributed by atoms with Crippen LogP contribution < -0.4 is 10.2 Å². The van der Waals surface area contributed by atoms with E-state index in [1.807, 2.05) is 31.2 Å². The van der Waals surface area contributed by atoms with Crippen molar-refractivity contribution >= 4 is 11.4 Å². The Morgan fingerprint density at radius 1 is 0.952 bits per heavy atom. The topological polar surface area (TPSA) is 81.2 Å². The number of benzene rings is 2.